The van der Waals surface area contributed by atoms with Gasteiger partial charge < -0.3 is 9.15 Å². The third kappa shape index (κ3) is 5.54. The maximum atomic E-state index is 12.0. The van der Waals surface area contributed by atoms with Crippen molar-refractivity contribution in [3.05, 3.63) is 69.5 Å². The van der Waals surface area contributed by atoms with Crippen molar-refractivity contribution < 1.29 is 9.15 Å². The van der Waals surface area contributed by atoms with Crippen molar-refractivity contribution in [3.8, 4) is 28.5 Å². The Labute approximate surface area is 167 Å². The fraction of sp³-hybridized carbons (Fsp3) is 0.273. The zero-order chi connectivity index (χ0) is 19.1. The van der Waals surface area contributed by atoms with Gasteiger partial charge in [0.25, 0.3) is 0 Å². The monoisotopic (exact) mass is 427 g/mol. The molecule has 0 N–H and O–H groups in total. The lowest BCUT2D eigenvalue weighted by Gasteiger charge is -2.07. The number of hydrogen-bond acceptors (Lipinski definition) is 4. The highest BCUT2D eigenvalue weighted by molar-refractivity contribution is 9.10. The Bertz CT molecular complexity index is 918. The molecule has 2 aromatic carbocycles. The van der Waals surface area contributed by atoms with Crippen LogP contribution >= 0.6 is 15.9 Å². The van der Waals surface area contributed by atoms with E-state index in [0.717, 1.165) is 27.8 Å². The first-order valence-electron chi connectivity index (χ1n) is 9.17. The molecule has 0 bridgehead atoms. The molecule has 0 aliphatic rings. The van der Waals surface area contributed by atoms with E-state index in [2.05, 4.69) is 27.8 Å². The minimum absolute atomic E-state index is 0.301. The van der Waals surface area contributed by atoms with Crippen LogP contribution in [0.4, 0.5) is 0 Å². The zero-order valence-electron chi connectivity index (χ0n) is 15.3. The summed E-state index contributed by atoms with van der Waals surface area (Å²) in [7, 11) is 0. The summed E-state index contributed by atoms with van der Waals surface area (Å²) in [5.74, 6) is 1.11. The molecule has 27 heavy (non-hydrogen) atoms. The van der Waals surface area contributed by atoms with Crippen molar-refractivity contribution in [2.24, 2.45) is 0 Å². The summed E-state index contributed by atoms with van der Waals surface area (Å²) < 4.78 is 12.0. The second-order valence-electron chi connectivity index (χ2n) is 6.31. The van der Waals surface area contributed by atoms with E-state index in [4.69, 9.17) is 9.15 Å². The molecule has 0 saturated heterocycles. The lowest BCUT2D eigenvalue weighted by molar-refractivity contribution is 0.305. The average Bonchev–Trinajstić information content (AvgIpc) is 2.68. The van der Waals surface area contributed by atoms with Crippen LogP contribution in [0.5, 0.6) is 5.75 Å². The SMILES string of the molecule is CCCCCCOc1ccc(-c2nc(-c3ccc(Br)cc3)cc(=O)o2)cc1. The van der Waals surface area contributed by atoms with Crippen LogP contribution in [0.1, 0.15) is 32.6 Å². The van der Waals surface area contributed by atoms with E-state index in [-0.39, 0.29) is 0 Å². The van der Waals surface area contributed by atoms with E-state index in [1.807, 2.05) is 48.5 Å². The van der Waals surface area contributed by atoms with Crippen LogP contribution in [0, 0.1) is 0 Å². The van der Waals surface area contributed by atoms with Gasteiger partial charge in [-0.25, -0.2) is 9.78 Å². The van der Waals surface area contributed by atoms with Crippen LogP contribution in [0.3, 0.4) is 0 Å². The zero-order valence-corrected chi connectivity index (χ0v) is 16.9. The number of ether oxygens (including phenoxy) is 1. The molecule has 0 spiro atoms. The summed E-state index contributed by atoms with van der Waals surface area (Å²) in [5.41, 5.74) is 1.77. The molecular formula is C22H22BrNO3. The summed E-state index contributed by atoms with van der Waals surface area (Å²) in [4.78, 5) is 16.5. The van der Waals surface area contributed by atoms with Gasteiger partial charge in [-0.1, -0.05) is 54.2 Å². The van der Waals surface area contributed by atoms with Crippen molar-refractivity contribution in [3.63, 3.8) is 0 Å². The third-order valence-electron chi connectivity index (χ3n) is 4.18. The predicted molar refractivity (Wildman–Crippen MR) is 111 cm³/mol. The van der Waals surface area contributed by atoms with Crippen LogP contribution in [0.2, 0.25) is 0 Å². The first kappa shape index (κ1) is 19.4. The highest BCUT2D eigenvalue weighted by atomic mass is 79.9. The molecule has 1 heterocycles. The van der Waals surface area contributed by atoms with Crippen molar-refractivity contribution in [1.82, 2.24) is 4.98 Å². The molecule has 1 aromatic heterocycles. The fourth-order valence-corrected chi connectivity index (χ4v) is 2.97. The highest BCUT2D eigenvalue weighted by Gasteiger charge is 2.09. The normalized spacial score (nSPS) is 10.7. The molecule has 4 nitrogen and oxygen atoms in total. The average molecular weight is 428 g/mol. The quantitative estimate of drug-likeness (QED) is 0.408. The molecule has 0 aliphatic carbocycles. The summed E-state index contributed by atoms with van der Waals surface area (Å²) in [6, 6.07) is 16.5. The molecule has 0 amide bonds. The molecular weight excluding hydrogens is 406 g/mol. The fourth-order valence-electron chi connectivity index (χ4n) is 2.71. The Morgan fingerprint density at radius 3 is 2.37 bits per heavy atom. The van der Waals surface area contributed by atoms with E-state index in [0.29, 0.717) is 18.2 Å². The second-order valence-corrected chi connectivity index (χ2v) is 7.22. The number of hydrogen-bond donors (Lipinski definition) is 0. The van der Waals surface area contributed by atoms with Crippen molar-refractivity contribution >= 4 is 15.9 Å². The molecule has 0 atom stereocenters. The van der Waals surface area contributed by atoms with Gasteiger partial charge >= 0.3 is 5.63 Å². The number of aromatic nitrogens is 1. The lowest BCUT2D eigenvalue weighted by atomic mass is 10.1. The van der Waals surface area contributed by atoms with Crippen LogP contribution in [-0.2, 0) is 0 Å². The van der Waals surface area contributed by atoms with Gasteiger partial charge in [0, 0.05) is 15.6 Å². The molecule has 0 radical (unpaired) electrons. The molecule has 0 saturated carbocycles. The van der Waals surface area contributed by atoms with Gasteiger partial charge in [0.05, 0.1) is 18.4 Å². The van der Waals surface area contributed by atoms with Crippen LogP contribution in [0.15, 0.2) is 68.3 Å². The van der Waals surface area contributed by atoms with Crippen LogP contribution in [-0.4, -0.2) is 11.6 Å². The van der Waals surface area contributed by atoms with E-state index in [1.54, 1.807) is 0 Å². The Morgan fingerprint density at radius 1 is 0.963 bits per heavy atom. The van der Waals surface area contributed by atoms with E-state index in [9.17, 15) is 4.79 Å². The smallest absolute Gasteiger partial charge is 0.339 e. The van der Waals surface area contributed by atoms with E-state index in [1.165, 1.54) is 25.3 Å². The summed E-state index contributed by atoms with van der Waals surface area (Å²) in [6.07, 6.45) is 4.70. The Kier molecular flexibility index (Phi) is 6.82. The van der Waals surface area contributed by atoms with Gasteiger partial charge in [-0.15, -0.1) is 0 Å². The first-order valence-corrected chi connectivity index (χ1v) is 9.96. The number of nitrogens with zero attached hydrogens (tertiary/aromatic N) is 1. The minimum atomic E-state index is -0.422. The minimum Gasteiger partial charge on any atom is -0.494 e. The second kappa shape index (κ2) is 9.51. The molecule has 0 fully saturated rings. The molecule has 3 aromatic rings. The van der Waals surface area contributed by atoms with Crippen LogP contribution in [0.25, 0.3) is 22.7 Å². The Balaban J connectivity index is 1.74. The topological polar surface area (TPSA) is 52.3 Å². The summed E-state index contributed by atoms with van der Waals surface area (Å²) in [5, 5.41) is 0. The van der Waals surface area contributed by atoms with Gasteiger partial charge in [0.2, 0.25) is 5.89 Å². The van der Waals surface area contributed by atoms with Crippen molar-refractivity contribution in [2.45, 2.75) is 32.6 Å². The summed E-state index contributed by atoms with van der Waals surface area (Å²) in [6.45, 7) is 2.91. The molecule has 0 unspecified atom stereocenters. The molecule has 5 heteroatoms. The maximum Gasteiger partial charge on any atom is 0.339 e. The van der Waals surface area contributed by atoms with Crippen molar-refractivity contribution in [2.75, 3.05) is 6.61 Å². The van der Waals surface area contributed by atoms with E-state index < -0.39 is 5.63 Å². The standard InChI is InChI=1S/C22H22BrNO3/c1-2-3-4-5-14-26-19-12-8-17(9-13-19)22-24-20(15-21(25)27-22)16-6-10-18(23)11-7-16/h6-13,15H,2-5,14H2,1H3. The van der Waals surface area contributed by atoms with Gasteiger partial charge in [-0.3, -0.25) is 0 Å². The van der Waals surface area contributed by atoms with Gasteiger partial charge in [-0.05, 0) is 42.8 Å². The number of benzene rings is 2. The number of unbranched alkanes of at least 4 members (excludes halogenated alkanes) is 3. The molecule has 0 aliphatic heterocycles. The number of rotatable bonds is 8. The molecule has 140 valence electrons. The Morgan fingerprint density at radius 2 is 1.67 bits per heavy atom. The first-order chi connectivity index (χ1) is 13.2. The van der Waals surface area contributed by atoms with Gasteiger partial charge in [-0.2, -0.15) is 0 Å². The highest BCUT2D eigenvalue weighted by Crippen LogP contribution is 2.24. The summed E-state index contributed by atoms with van der Waals surface area (Å²) >= 11 is 3.41. The third-order valence-corrected chi connectivity index (χ3v) is 4.71. The lowest BCUT2D eigenvalue weighted by Crippen LogP contribution is -2.02. The van der Waals surface area contributed by atoms with E-state index >= 15 is 0 Å². The Hall–Kier alpha value is -2.40. The molecule has 3 rings (SSSR count). The van der Waals surface area contributed by atoms with Gasteiger partial charge in [0.15, 0.2) is 0 Å². The van der Waals surface area contributed by atoms with Crippen LogP contribution < -0.4 is 10.4 Å². The number of halogens is 1. The maximum absolute atomic E-state index is 12.0. The van der Waals surface area contributed by atoms with Crippen molar-refractivity contribution in [1.29, 1.82) is 0 Å². The predicted octanol–water partition coefficient (Wildman–Crippen LogP) is 6.09. The largest absolute Gasteiger partial charge is 0.494 e. The van der Waals surface area contributed by atoms with Gasteiger partial charge in [0.1, 0.15) is 5.75 Å².